The smallest absolute Gasteiger partial charge is 0.319 e. The van der Waals surface area contributed by atoms with E-state index in [1.807, 2.05) is 6.92 Å². The van der Waals surface area contributed by atoms with Crippen LogP contribution in [0.4, 0.5) is 10.5 Å². The summed E-state index contributed by atoms with van der Waals surface area (Å²) in [5.74, 6) is 2.17. The minimum Gasteiger partial charge on any atom is -0.337 e. The summed E-state index contributed by atoms with van der Waals surface area (Å²) in [6.07, 6.45) is 4.67. The number of urea groups is 1. The molecule has 2 amide bonds. The maximum absolute atomic E-state index is 12.9. The second-order valence-corrected chi connectivity index (χ2v) is 10.8. The van der Waals surface area contributed by atoms with Crippen LogP contribution in [0.25, 0.3) is 0 Å². The van der Waals surface area contributed by atoms with Crippen molar-refractivity contribution in [2.75, 3.05) is 23.4 Å². The summed E-state index contributed by atoms with van der Waals surface area (Å²) in [4.78, 5) is 18.7. The Bertz CT molecular complexity index is 838. The topological polar surface area (TPSA) is 54.0 Å². The molecule has 2 N–H and O–H groups in total. The van der Waals surface area contributed by atoms with Gasteiger partial charge in [0.2, 0.25) is 0 Å². The summed E-state index contributed by atoms with van der Waals surface area (Å²) in [6, 6.07) is 8.64. The molecule has 0 aliphatic carbocycles. The average Bonchev–Trinajstić information content (AvgIpc) is 2.72. The molecule has 2 rings (SSSR count). The quantitative estimate of drug-likeness (QED) is 0.245. The number of nitrogens with zero attached hydrogens (tertiary/aromatic N) is 1. The van der Waals surface area contributed by atoms with Crippen LogP contribution in [0.2, 0.25) is 0 Å². The first-order valence-electron chi connectivity index (χ1n) is 11.8. The van der Waals surface area contributed by atoms with E-state index in [1.54, 1.807) is 23.5 Å². The van der Waals surface area contributed by atoms with E-state index in [0.29, 0.717) is 12.5 Å². The highest BCUT2D eigenvalue weighted by molar-refractivity contribution is 8.00. The second-order valence-electron chi connectivity index (χ2n) is 8.26. The Balaban J connectivity index is 2.16. The molecule has 1 atom stereocenters. The largest absolute Gasteiger partial charge is 0.337 e. The van der Waals surface area contributed by atoms with Gasteiger partial charge in [0.05, 0.1) is 5.69 Å². The number of aryl methyl sites for hydroxylation is 3. The molecule has 2 aromatic rings. The third kappa shape index (κ3) is 8.36. The van der Waals surface area contributed by atoms with E-state index >= 15 is 0 Å². The van der Waals surface area contributed by atoms with Gasteiger partial charge in [0, 0.05) is 23.1 Å². The number of thioether (sulfide) groups is 2. The number of amides is 2. The summed E-state index contributed by atoms with van der Waals surface area (Å²) >= 11 is 3.41. The predicted octanol–water partition coefficient (Wildman–Crippen LogP) is 7.72. The van der Waals surface area contributed by atoms with Gasteiger partial charge in [-0.05, 0) is 50.3 Å². The summed E-state index contributed by atoms with van der Waals surface area (Å²) in [6.45, 7) is 13.4. The van der Waals surface area contributed by atoms with Gasteiger partial charge >= 0.3 is 6.03 Å². The number of anilines is 1. The lowest BCUT2D eigenvalue weighted by atomic mass is 9.91. The van der Waals surface area contributed by atoms with E-state index in [-0.39, 0.29) is 6.03 Å². The summed E-state index contributed by atoms with van der Waals surface area (Å²) in [7, 11) is 0. The van der Waals surface area contributed by atoms with Gasteiger partial charge in [-0.3, -0.25) is 0 Å². The van der Waals surface area contributed by atoms with Crippen molar-refractivity contribution in [3.63, 3.8) is 0 Å². The van der Waals surface area contributed by atoms with Crippen LogP contribution in [0.5, 0.6) is 0 Å². The molecule has 1 heterocycles. The number of nitrogens with one attached hydrogen (secondary N) is 2. The van der Waals surface area contributed by atoms with Crippen LogP contribution in [-0.2, 0) is 0 Å². The number of hydrogen-bond donors (Lipinski definition) is 2. The molecule has 0 radical (unpaired) electrons. The monoisotopic (exact) mass is 473 g/mol. The van der Waals surface area contributed by atoms with Gasteiger partial charge < -0.3 is 10.6 Å². The van der Waals surface area contributed by atoms with Crippen LogP contribution in [0, 0.1) is 20.8 Å². The molecule has 176 valence electrons. The van der Waals surface area contributed by atoms with Crippen molar-refractivity contribution in [2.24, 2.45) is 0 Å². The van der Waals surface area contributed by atoms with E-state index in [2.05, 4.69) is 74.5 Å². The molecule has 6 heteroatoms. The number of unbranched alkanes of at least 4 members (excludes halogenated alkanes) is 2. The zero-order valence-corrected chi connectivity index (χ0v) is 22.1. The summed E-state index contributed by atoms with van der Waals surface area (Å²) < 4.78 is 0. The van der Waals surface area contributed by atoms with Crippen molar-refractivity contribution in [1.82, 2.24) is 10.3 Å². The summed E-state index contributed by atoms with van der Waals surface area (Å²) in [5.41, 5.74) is 5.69. The average molecular weight is 474 g/mol. The van der Waals surface area contributed by atoms with E-state index in [1.165, 1.54) is 36.0 Å². The van der Waals surface area contributed by atoms with E-state index in [0.717, 1.165) is 39.2 Å². The van der Waals surface area contributed by atoms with Gasteiger partial charge in [0.1, 0.15) is 5.03 Å². The molecule has 1 aromatic carbocycles. The molecule has 1 aromatic heterocycles. The Morgan fingerprint density at radius 2 is 1.66 bits per heavy atom. The van der Waals surface area contributed by atoms with Crippen molar-refractivity contribution in [1.29, 1.82) is 0 Å². The molecular formula is C26H39N3OS2. The van der Waals surface area contributed by atoms with Gasteiger partial charge in [-0.25, -0.2) is 9.78 Å². The number of aromatic nitrogens is 1. The second kappa shape index (κ2) is 13.8. The Morgan fingerprint density at radius 1 is 0.969 bits per heavy atom. The Hall–Kier alpha value is -1.66. The maximum Gasteiger partial charge on any atom is 0.319 e. The number of hydrogen-bond acceptors (Lipinski definition) is 4. The number of pyridine rings is 1. The van der Waals surface area contributed by atoms with Crippen molar-refractivity contribution in [3.05, 3.63) is 46.6 Å². The van der Waals surface area contributed by atoms with E-state index in [9.17, 15) is 4.79 Å². The SMILES string of the molecule is CCCCCC(CNC(=O)Nc1c(SCC)cc(C)nc1SCC)c1cc(C)cc(C)c1. The highest BCUT2D eigenvalue weighted by Gasteiger charge is 2.17. The fourth-order valence-corrected chi connectivity index (χ4v) is 5.60. The molecule has 0 saturated carbocycles. The standard InChI is InChI=1S/C26H39N3OS2/c1-7-10-11-12-21(22-14-18(4)13-19(5)15-22)17-27-26(30)29-24-23(31-8-2)16-20(6)28-25(24)32-9-3/h13-16,21H,7-12,17H2,1-6H3,(H2,27,29,30). The first-order chi connectivity index (χ1) is 15.4. The molecular weight excluding hydrogens is 434 g/mol. The van der Waals surface area contributed by atoms with Gasteiger partial charge in [-0.2, -0.15) is 0 Å². The predicted molar refractivity (Wildman–Crippen MR) is 142 cm³/mol. The molecule has 0 bridgehead atoms. The Morgan fingerprint density at radius 3 is 2.28 bits per heavy atom. The van der Waals surface area contributed by atoms with Crippen LogP contribution >= 0.6 is 23.5 Å². The van der Waals surface area contributed by atoms with Crippen LogP contribution in [-0.4, -0.2) is 29.1 Å². The number of carbonyl (C=O) groups excluding carboxylic acids is 1. The minimum atomic E-state index is -0.156. The molecule has 1 unspecified atom stereocenters. The lowest BCUT2D eigenvalue weighted by Gasteiger charge is -2.20. The lowest BCUT2D eigenvalue weighted by molar-refractivity contribution is 0.251. The molecule has 0 aliphatic heterocycles. The minimum absolute atomic E-state index is 0.156. The van der Waals surface area contributed by atoms with E-state index < -0.39 is 0 Å². The molecule has 32 heavy (non-hydrogen) atoms. The Labute approximate surface area is 203 Å². The Kier molecular flexibility index (Phi) is 11.5. The third-order valence-corrected chi connectivity index (χ3v) is 7.06. The van der Waals surface area contributed by atoms with Crippen molar-refractivity contribution < 1.29 is 4.79 Å². The molecule has 0 fully saturated rings. The molecule has 0 spiro atoms. The van der Waals surface area contributed by atoms with Crippen LogP contribution in [0.3, 0.4) is 0 Å². The van der Waals surface area contributed by atoms with Crippen LogP contribution in [0.1, 0.15) is 74.8 Å². The number of carbonyl (C=O) groups is 1. The van der Waals surface area contributed by atoms with Crippen LogP contribution in [0.15, 0.2) is 34.2 Å². The van der Waals surface area contributed by atoms with Gasteiger partial charge in [0.15, 0.2) is 0 Å². The third-order valence-electron chi connectivity index (χ3n) is 5.28. The first kappa shape index (κ1) is 26.6. The van der Waals surface area contributed by atoms with Gasteiger partial charge in [-0.15, -0.1) is 23.5 Å². The summed E-state index contributed by atoms with van der Waals surface area (Å²) in [5, 5.41) is 7.17. The first-order valence-corrected chi connectivity index (χ1v) is 13.7. The zero-order chi connectivity index (χ0) is 23.5. The maximum atomic E-state index is 12.9. The fourth-order valence-electron chi connectivity index (χ4n) is 3.89. The fraction of sp³-hybridized carbons (Fsp3) is 0.538. The highest BCUT2D eigenvalue weighted by atomic mass is 32.2. The van der Waals surface area contributed by atoms with Crippen molar-refractivity contribution in [2.45, 2.75) is 83.1 Å². The van der Waals surface area contributed by atoms with Gasteiger partial charge in [0.25, 0.3) is 0 Å². The van der Waals surface area contributed by atoms with Crippen molar-refractivity contribution in [3.8, 4) is 0 Å². The molecule has 0 saturated heterocycles. The molecule has 4 nitrogen and oxygen atoms in total. The zero-order valence-electron chi connectivity index (χ0n) is 20.5. The van der Waals surface area contributed by atoms with E-state index in [4.69, 9.17) is 0 Å². The number of benzene rings is 1. The molecule has 0 aliphatic rings. The van der Waals surface area contributed by atoms with Crippen LogP contribution < -0.4 is 10.6 Å². The highest BCUT2D eigenvalue weighted by Crippen LogP contribution is 2.35. The normalized spacial score (nSPS) is 11.9. The van der Waals surface area contributed by atoms with Crippen molar-refractivity contribution >= 4 is 35.2 Å². The lowest BCUT2D eigenvalue weighted by Crippen LogP contribution is -2.33. The van der Waals surface area contributed by atoms with Gasteiger partial charge in [-0.1, -0.05) is 69.4 Å². The number of rotatable bonds is 12.